The van der Waals surface area contributed by atoms with Crippen LogP contribution in [-0.4, -0.2) is 30.8 Å². The minimum atomic E-state index is -3.91. The van der Waals surface area contributed by atoms with Crippen molar-refractivity contribution in [1.82, 2.24) is 15.1 Å². The van der Waals surface area contributed by atoms with Crippen molar-refractivity contribution >= 4 is 21.9 Å². The van der Waals surface area contributed by atoms with E-state index >= 15 is 0 Å². The molecule has 0 unspecified atom stereocenters. The maximum atomic E-state index is 11.5. The van der Waals surface area contributed by atoms with Crippen LogP contribution < -0.4 is 15.8 Å². The van der Waals surface area contributed by atoms with Crippen LogP contribution in [0.25, 0.3) is 0 Å². The highest BCUT2D eigenvalue weighted by atomic mass is 32.2. The summed E-state index contributed by atoms with van der Waals surface area (Å²) in [6.07, 6.45) is 3.03. The fourth-order valence-corrected chi connectivity index (χ4v) is 1.95. The molecule has 1 aromatic heterocycles. The highest BCUT2D eigenvalue weighted by Gasteiger charge is 2.19. The zero-order chi connectivity index (χ0) is 13.8. The molecule has 102 valence electrons. The van der Waals surface area contributed by atoms with Crippen LogP contribution in [0, 0.1) is 0 Å². The summed E-state index contributed by atoms with van der Waals surface area (Å²) in [4.78, 5) is 11.3. The van der Waals surface area contributed by atoms with E-state index in [4.69, 9.17) is 5.14 Å². The first-order valence-corrected chi connectivity index (χ1v) is 7.00. The van der Waals surface area contributed by atoms with Gasteiger partial charge >= 0.3 is 6.03 Å². The second kappa shape index (κ2) is 5.83. The van der Waals surface area contributed by atoms with Crippen LogP contribution in [0.3, 0.4) is 0 Å². The number of unbranched alkanes of at least 4 members (excludes halogenated alkanes) is 1. The zero-order valence-electron chi connectivity index (χ0n) is 10.3. The van der Waals surface area contributed by atoms with Gasteiger partial charge in [0.05, 0.1) is 0 Å². The van der Waals surface area contributed by atoms with Gasteiger partial charge in [0.1, 0.15) is 4.90 Å². The van der Waals surface area contributed by atoms with E-state index in [1.165, 1.54) is 17.9 Å². The highest BCUT2D eigenvalue weighted by molar-refractivity contribution is 7.89. The Morgan fingerprint density at radius 2 is 2.22 bits per heavy atom. The van der Waals surface area contributed by atoms with Crippen molar-refractivity contribution in [2.24, 2.45) is 12.2 Å². The molecule has 0 fully saturated rings. The van der Waals surface area contributed by atoms with E-state index in [-0.39, 0.29) is 10.7 Å². The van der Waals surface area contributed by atoms with Gasteiger partial charge in [-0.05, 0) is 6.42 Å². The van der Waals surface area contributed by atoms with Gasteiger partial charge in [0.15, 0.2) is 5.82 Å². The molecule has 0 aliphatic carbocycles. The molecule has 0 aromatic carbocycles. The molecule has 4 N–H and O–H groups in total. The third kappa shape index (κ3) is 4.00. The number of carbonyl (C=O) groups is 1. The number of nitrogens with one attached hydrogen (secondary N) is 2. The minimum Gasteiger partial charge on any atom is -0.338 e. The fraction of sp³-hybridized carbons (Fsp3) is 0.556. The molecule has 0 spiro atoms. The number of carbonyl (C=O) groups excluding carboxylic acids is 1. The summed E-state index contributed by atoms with van der Waals surface area (Å²) in [5.41, 5.74) is 0. The Labute approximate surface area is 106 Å². The van der Waals surface area contributed by atoms with Crippen molar-refractivity contribution in [2.45, 2.75) is 24.7 Å². The number of nitrogens with two attached hydrogens (primary N) is 1. The molecule has 2 amide bonds. The van der Waals surface area contributed by atoms with Crippen molar-refractivity contribution in [3.05, 3.63) is 6.20 Å². The number of rotatable bonds is 5. The standard InChI is InChI=1S/C9H17N5O3S/c1-3-4-5-11-9(15)12-8-7(18(10,16)17)6-14(2)13-8/h6H,3-5H2,1-2H3,(H2,10,16,17)(H2,11,12,13,15). The van der Waals surface area contributed by atoms with Gasteiger partial charge in [-0.2, -0.15) is 5.10 Å². The highest BCUT2D eigenvalue weighted by Crippen LogP contribution is 2.16. The molecule has 0 atom stereocenters. The Hall–Kier alpha value is -1.61. The molecule has 0 bridgehead atoms. The average molecular weight is 275 g/mol. The monoisotopic (exact) mass is 275 g/mol. The van der Waals surface area contributed by atoms with E-state index in [0.29, 0.717) is 6.54 Å². The molecule has 0 aliphatic heterocycles. The Bertz CT molecular complexity index is 522. The maximum Gasteiger partial charge on any atom is 0.320 e. The third-order valence-electron chi connectivity index (χ3n) is 2.15. The first-order valence-electron chi connectivity index (χ1n) is 5.46. The lowest BCUT2D eigenvalue weighted by atomic mass is 10.3. The Morgan fingerprint density at radius 3 is 2.78 bits per heavy atom. The first kappa shape index (κ1) is 14.5. The van der Waals surface area contributed by atoms with Crippen LogP contribution in [0.15, 0.2) is 11.1 Å². The number of hydrogen-bond donors (Lipinski definition) is 3. The van der Waals surface area contributed by atoms with Gasteiger partial charge in [-0.3, -0.25) is 10.00 Å². The van der Waals surface area contributed by atoms with Crippen LogP contribution in [0.2, 0.25) is 0 Å². The fourth-order valence-electron chi connectivity index (χ4n) is 1.29. The van der Waals surface area contributed by atoms with Crippen molar-refractivity contribution in [1.29, 1.82) is 0 Å². The molecule has 1 rings (SSSR count). The molecule has 0 aliphatic rings. The van der Waals surface area contributed by atoms with E-state index < -0.39 is 16.1 Å². The summed E-state index contributed by atoms with van der Waals surface area (Å²) in [6.45, 7) is 2.51. The maximum absolute atomic E-state index is 11.5. The van der Waals surface area contributed by atoms with Gasteiger partial charge in [-0.25, -0.2) is 18.4 Å². The number of amides is 2. The number of sulfonamides is 1. The van der Waals surface area contributed by atoms with Gasteiger partial charge in [-0.15, -0.1) is 0 Å². The van der Waals surface area contributed by atoms with Crippen molar-refractivity contribution in [3.63, 3.8) is 0 Å². The minimum absolute atomic E-state index is 0.0750. The summed E-state index contributed by atoms with van der Waals surface area (Å²) < 4.78 is 23.8. The lowest BCUT2D eigenvalue weighted by Crippen LogP contribution is -2.30. The van der Waals surface area contributed by atoms with Gasteiger partial charge in [0.25, 0.3) is 0 Å². The van der Waals surface area contributed by atoms with Crippen LogP contribution in [0.5, 0.6) is 0 Å². The normalized spacial score (nSPS) is 11.3. The summed E-state index contributed by atoms with van der Waals surface area (Å²) in [7, 11) is -2.37. The Balaban J connectivity index is 2.76. The quantitative estimate of drug-likeness (QED) is 0.654. The van der Waals surface area contributed by atoms with E-state index in [2.05, 4.69) is 15.7 Å². The number of aromatic nitrogens is 2. The summed E-state index contributed by atoms with van der Waals surface area (Å²) in [5, 5.41) is 13.8. The SMILES string of the molecule is CCCCNC(=O)Nc1nn(C)cc1S(N)(=O)=O. The van der Waals surface area contributed by atoms with Crippen molar-refractivity contribution < 1.29 is 13.2 Å². The lowest BCUT2D eigenvalue weighted by Gasteiger charge is -2.05. The predicted octanol–water partition coefficient (Wildman–Crippen LogP) is -0.0109. The number of nitrogens with zero attached hydrogens (tertiary/aromatic N) is 2. The molecule has 0 saturated heterocycles. The Kier molecular flexibility index (Phi) is 4.68. The van der Waals surface area contributed by atoms with E-state index in [0.717, 1.165) is 12.8 Å². The summed E-state index contributed by atoms with van der Waals surface area (Å²) in [6, 6.07) is -0.507. The molecule has 1 heterocycles. The molecule has 0 radical (unpaired) electrons. The molecular formula is C9H17N5O3S. The van der Waals surface area contributed by atoms with E-state index in [1.807, 2.05) is 6.92 Å². The van der Waals surface area contributed by atoms with E-state index in [9.17, 15) is 13.2 Å². The van der Waals surface area contributed by atoms with Crippen LogP contribution in [0.4, 0.5) is 10.6 Å². The largest absolute Gasteiger partial charge is 0.338 e. The van der Waals surface area contributed by atoms with Crippen LogP contribution >= 0.6 is 0 Å². The molecule has 1 aromatic rings. The summed E-state index contributed by atoms with van der Waals surface area (Å²) >= 11 is 0. The topological polar surface area (TPSA) is 119 Å². The second-order valence-electron chi connectivity index (χ2n) is 3.80. The Morgan fingerprint density at radius 1 is 1.56 bits per heavy atom. The predicted molar refractivity (Wildman–Crippen MR) is 66.5 cm³/mol. The third-order valence-corrected chi connectivity index (χ3v) is 3.06. The molecule has 0 saturated carbocycles. The van der Waals surface area contributed by atoms with Crippen LogP contribution in [0.1, 0.15) is 19.8 Å². The van der Waals surface area contributed by atoms with Crippen molar-refractivity contribution in [3.8, 4) is 0 Å². The molecule has 9 heteroatoms. The number of primary sulfonamides is 1. The summed E-state index contributed by atoms with van der Waals surface area (Å²) in [5.74, 6) is -0.0750. The number of anilines is 1. The van der Waals surface area contributed by atoms with E-state index in [1.54, 1.807) is 0 Å². The van der Waals surface area contributed by atoms with Gasteiger partial charge in [0, 0.05) is 19.8 Å². The van der Waals surface area contributed by atoms with Crippen LogP contribution in [-0.2, 0) is 17.1 Å². The number of urea groups is 1. The zero-order valence-corrected chi connectivity index (χ0v) is 11.1. The molecule has 8 nitrogen and oxygen atoms in total. The number of aryl methyl sites for hydroxylation is 1. The van der Waals surface area contributed by atoms with Gasteiger partial charge in [0.2, 0.25) is 10.0 Å². The molecular weight excluding hydrogens is 258 g/mol. The van der Waals surface area contributed by atoms with Gasteiger partial charge in [-0.1, -0.05) is 13.3 Å². The second-order valence-corrected chi connectivity index (χ2v) is 5.32. The first-order chi connectivity index (χ1) is 8.34. The average Bonchev–Trinajstić information content (AvgIpc) is 2.59. The van der Waals surface area contributed by atoms with Gasteiger partial charge < -0.3 is 5.32 Å². The lowest BCUT2D eigenvalue weighted by molar-refractivity contribution is 0.252. The van der Waals surface area contributed by atoms with Crippen molar-refractivity contribution in [2.75, 3.05) is 11.9 Å². The molecule has 18 heavy (non-hydrogen) atoms. The number of hydrogen-bond acceptors (Lipinski definition) is 4. The smallest absolute Gasteiger partial charge is 0.320 e.